The van der Waals surface area contributed by atoms with Gasteiger partial charge in [-0.1, -0.05) is 48.5 Å². The molecular weight excluding hydrogens is 280 g/mol. The van der Waals surface area contributed by atoms with Crippen molar-refractivity contribution in [1.29, 1.82) is 0 Å². The van der Waals surface area contributed by atoms with Crippen LogP contribution < -0.4 is 0 Å². The van der Waals surface area contributed by atoms with Gasteiger partial charge in [-0.05, 0) is 35.6 Å². The molecule has 0 atom stereocenters. The fourth-order valence-corrected chi connectivity index (χ4v) is 3.72. The molecule has 3 aliphatic rings. The zero-order chi connectivity index (χ0) is 15.4. The van der Waals surface area contributed by atoms with Crippen LogP contribution in [-0.2, 0) is 25.8 Å². The lowest BCUT2D eigenvalue weighted by Crippen LogP contribution is -2.51. The Morgan fingerprint density at radius 3 is 1.95 bits per heavy atom. The van der Waals surface area contributed by atoms with E-state index in [4.69, 9.17) is 14.9 Å². The Hall–Kier alpha value is -2.17. The summed E-state index contributed by atoms with van der Waals surface area (Å²) >= 11 is 0. The van der Waals surface area contributed by atoms with Gasteiger partial charge in [-0.2, -0.15) is 0 Å². The Morgan fingerprint density at radius 2 is 1.45 bits per heavy atom. The summed E-state index contributed by atoms with van der Waals surface area (Å²) in [6.45, 7) is 1.99. The molecule has 0 aromatic heterocycles. The van der Waals surface area contributed by atoms with E-state index >= 15 is 0 Å². The lowest BCUT2D eigenvalue weighted by molar-refractivity contribution is -0.426. The summed E-state index contributed by atoms with van der Waals surface area (Å²) in [6.07, 6.45) is 0.356. The largest absolute Gasteiger partial charge is 0.481 e. The quantitative estimate of drug-likeness (QED) is 0.883. The van der Waals surface area contributed by atoms with E-state index in [0.717, 1.165) is 22.3 Å². The molecule has 2 heterocycles. The minimum absolute atomic E-state index is 0.0166. The molecule has 0 radical (unpaired) electrons. The summed E-state index contributed by atoms with van der Waals surface area (Å²) in [4.78, 5) is 22.7. The number of hydrogen-bond donors (Lipinski definition) is 1. The molecule has 1 aliphatic carbocycles. The normalized spacial score (nSPS) is 28.0. The highest BCUT2D eigenvalue weighted by molar-refractivity contribution is 5.67. The van der Waals surface area contributed by atoms with Crippen molar-refractivity contribution < 1.29 is 19.7 Å². The summed E-state index contributed by atoms with van der Waals surface area (Å²) < 4.78 is 0. The topological polar surface area (TPSA) is 55.8 Å². The van der Waals surface area contributed by atoms with Crippen LogP contribution in [0, 0.1) is 0 Å². The van der Waals surface area contributed by atoms with Crippen LogP contribution in [0.3, 0.4) is 0 Å². The number of rotatable bonds is 3. The average molecular weight is 296 g/mol. The summed E-state index contributed by atoms with van der Waals surface area (Å²) in [5, 5.41) is 9.12. The van der Waals surface area contributed by atoms with E-state index in [9.17, 15) is 4.79 Å². The molecule has 1 N–H and O–H groups in total. The standard InChI is InChI=1S/C18H16O4/c1-17-12-6-2-4-8-14(12)18(22-21-17,11-10-16(19)20)15-9-5-3-7-13(15)17/h2-9H,10-11H2,1H3,(H,19,20). The van der Waals surface area contributed by atoms with Crippen molar-refractivity contribution >= 4 is 5.97 Å². The van der Waals surface area contributed by atoms with Crippen molar-refractivity contribution in [3.8, 4) is 0 Å². The minimum Gasteiger partial charge on any atom is -0.481 e. The molecule has 0 spiro atoms. The van der Waals surface area contributed by atoms with Gasteiger partial charge in [-0.25, -0.2) is 9.78 Å². The van der Waals surface area contributed by atoms with Gasteiger partial charge in [0.25, 0.3) is 0 Å². The van der Waals surface area contributed by atoms with Gasteiger partial charge in [0, 0.05) is 6.42 Å². The molecule has 2 bridgehead atoms. The lowest BCUT2D eigenvalue weighted by atomic mass is 9.66. The first-order valence-corrected chi connectivity index (χ1v) is 7.36. The first-order chi connectivity index (χ1) is 10.6. The predicted molar refractivity (Wildman–Crippen MR) is 79.2 cm³/mol. The van der Waals surface area contributed by atoms with Crippen molar-refractivity contribution in [2.75, 3.05) is 0 Å². The van der Waals surface area contributed by atoms with Gasteiger partial charge in [0.1, 0.15) is 0 Å². The number of benzene rings is 2. The molecule has 0 saturated heterocycles. The predicted octanol–water partition coefficient (Wildman–Crippen LogP) is 3.33. The summed E-state index contributed by atoms with van der Waals surface area (Å²) in [5.74, 6) is -0.841. The maximum atomic E-state index is 11.1. The van der Waals surface area contributed by atoms with Gasteiger partial charge in [-0.3, -0.25) is 4.79 Å². The van der Waals surface area contributed by atoms with Gasteiger partial charge < -0.3 is 5.11 Å². The third-order valence-electron chi connectivity index (χ3n) is 4.79. The molecular formula is C18H16O4. The van der Waals surface area contributed by atoms with Gasteiger partial charge in [-0.15, -0.1) is 0 Å². The van der Waals surface area contributed by atoms with Crippen LogP contribution in [0.4, 0.5) is 0 Å². The van der Waals surface area contributed by atoms with Crippen molar-refractivity contribution in [2.45, 2.75) is 31.0 Å². The second-order valence-electron chi connectivity index (χ2n) is 6.01. The molecule has 0 saturated carbocycles. The fourth-order valence-electron chi connectivity index (χ4n) is 3.72. The van der Waals surface area contributed by atoms with Crippen LogP contribution in [0.25, 0.3) is 0 Å². The Balaban J connectivity index is 1.99. The molecule has 0 amide bonds. The lowest BCUT2D eigenvalue weighted by Gasteiger charge is -2.52. The van der Waals surface area contributed by atoms with Gasteiger partial charge in [0.2, 0.25) is 0 Å². The molecule has 2 aliphatic heterocycles. The second kappa shape index (κ2) is 4.41. The van der Waals surface area contributed by atoms with Gasteiger partial charge >= 0.3 is 5.97 Å². The smallest absolute Gasteiger partial charge is 0.303 e. The first-order valence-electron chi connectivity index (χ1n) is 7.36. The first kappa shape index (κ1) is 13.5. The van der Waals surface area contributed by atoms with Crippen molar-refractivity contribution in [2.24, 2.45) is 0 Å². The van der Waals surface area contributed by atoms with Crippen LogP contribution >= 0.6 is 0 Å². The van der Waals surface area contributed by atoms with E-state index < -0.39 is 17.2 Å². The molecule has 0 fully saturated rings. The SMILES string of the molecule is CC12OOC(CCC(=O)O)(c3ccccc31)c1ccccc12. The maximum absolute atomic E-state index is 11.1. The van der Waals surface area contributed by atoms with Crippen molar-refractivity contribution in [3.63, 3.8) is 0 Å². The van der Waals surface area contributed by atoms with Crippen LogP contribution in [0.15, 0.2) is 48.5 Å². The van der Waals surface area contributed by atoms with Crippen molar-refractivity contribution in [3.05, 3.63) is 70.8 Å². The van der Waals surface area contributed by atoms with E-state index in [1.807, 2.05) is 55.5 Å². The molecule has 4 heteroatoms. The number of hydrogen-bond acceptors (Lipinski definition) is 3. The summed E-state index contributed by atoms with van der Waals surface area (Å²) in [5.41, 5.74) is 2.60. The fraction of sp³-hybridized carbons (Fsp3) is 0.278. The zero-order valence-electron chi connectivity index (χ0n) is 12.2. The average Bonchev–Trinajstić information content (AvgIpc) is 2.55. The highest BCUT2D eigenvalue weighted by atomic mass is 17.2. The third kappa shape index (κ3) is 1.56. The van der Waals surface area contributed by atoms with Crippen LogP contribution in [0.1, 0.15) is 42.0 Å². The Kier molecular flexibility index (Phi) is 2.71. The van der Waals surface area contributed by atoms with E-state index in [1.54, 1.807) is 0 Å². The van der Waals surface area contributed by atoms with E-state index in [2.05, 4.69) is 0 Å². The maximum Gasteiger partial charge on any atom is 0.303 e. The van der Waals surface area contributed by atoms with Gasteiger partial charge in [0.15, 0.2) is 11.2 Å². The van der Waals surface area contributed by atoms with Crippen molar-refractivity contribution in [1.82, 2.24) is 0 Å². The summed E-state index contributed by atoms with van der Waals surface area (Å²) in [6, 6.07) is 15.9. The molecule has 4 nitrogen and oxygen atoms in total. The number of carboxylic acids is 1. The Bertz CT molecular complexity index is 718. The van der Waals surface area contributed by atoms with E-state index in [-0.39, 0.29) is 6.42 Å². The number of carboxylic acid groups (broad SMARTS) is 1. The highest BCUT2D eigenvalue weighted by Gasteiger charge is 2.56. The third-order valence-corrected chi connectivity index (χ3v) is 4.79. The van der Waals surface area contributed by atoms with Crippen LogP contribution in [0.5, 0.6) is 0 Å². The van der Waals surface area contributed by atoms with Crippen LogP contribution in [-0.4, -0.2) is 11.1 Å². The highest BCUT2D eigenvalue weighted by Crippen LogP contribution is 2.57. The Labute approximate surface area is 128 Å². The van der Waals surface area contributed by atoms with Gasteiger partial charge in [0.05, 0.1) is 0 Å². The number of fused-ring (bicyclic) bond motifs is 1. The molecule has 0 unspecified atom stereocenters. The minimum atomic E-state index is -0.844. The Morgan fingerprint density at radius 1 is 0.955 bits per heavy atom. The number of aliphatic carboxylic acids is 1. The zero-order valence-corrected chi connectivity index (χ0v) is 12.2. The van der Waals surface area contributed by atoms with Crippen LogP contribution in [0.2, 0.25) is 0 Å². The molecule has 2 aromatic carbocycles. The number of carbonyl (C=O) groups is 1. The molecule has 2 aromatic rings. The molecule has 5 rings (SSSR count). The molecule has 22 heavy (non-hydrogen) atoms. The monoisotopic (exact) mass is 296 g/mol. The van der Waals surface area contributed by atoms with E-state index in [0.29, 0.717) is 6.42 Å². The molecule has 112 valence electrons. The van der Waals surface area contributed by atoms with E-state index in [1.165, 1.54) is 0 Å². The summed E-state index contributed by atoms with van der Waals surface area (Å²) in [7, 11) is 0. The second-order valence-corrected chi connectivity index (χ2v) is 6.01.